The van der Waals surface area contributed by atoms with Gasteiger partial charge in [-0.3, -0.25) is 24.0 Å². The third-order valence-electron chi connectivity index (χ3n) is 7.57. The Labute approximate surface area is 284 Å². The molecule has 2 amide bonds. The smallest absolute Gasteiger partial charge is 0.271 e. The monoisotopic (exact) mass is 696 g/mol. The molecule has 13 heteroatoms. The maximum absolute atomic E-state index is 14.5. The molecule has 0 radical (unpaired) electrons. The number of halogens is 2. The Kier molecular flexibility index (Phi) is 12.0. The van der Waals surface area contributed by atoms with E-state index in [1.165, 1.54) is 53.4 Å². The first-order valence-corrected chi connectivity index (χ1v) is 17.0. The van der Waals surface area contributed by atoms with E-state index in [0.717, 1.165) is 15.9 Å². The van der Waals surface area contributed by atoms with Crippen LogP contribution in [0, 0.1) is 10.1 Å². The van der Waals surface area contributed by atoms with Crippen molar-refractivity contribution >= 4 is 56.4 Å². The maximum atomic E-state index is 14.5. The number of nitrogens with zero attached hydrogens (tertiary/aromatic N) is 3. The molecule has 0 saturated heterocycles. The SMILES string of the molecule is CC[C@@H](C)NC(=O)[C@H](Cc1ccccc1)N(Cc1ccc(Cl)cc1Cl)C(=O)CN(c1cccc([N+](=O)[O-])c1)S(=O)(=O)c1ccccc1. The number of benzene rings is 4. The summed E-state index contributed by atoms with van der Waals surface area (Å²) in [4.78, 5) is 40.6. The summed E-state index contributed by atoms with van der Waals surface area (Å²) >= 11 is 12.7. The van der Waals surface area contributed by atoms with Gasteiger partial charge in [0.2, 0.25) is 11.8 Å². The fourth-order valence-electron chi connectivity index (χ4n) is 4.84. The van der Waals surface area contributed by atoms with Crippen molar-refractivity contribution < 1.29 is 22.9 Å². The molecule has 1 N–H and O–H groups in total. The molecule has 10 nitrogen and oxygen atoms in total. The molecule has 0 aliphatic carbocycles. The van der Waals surface area contributed by atoms with Gasteiger partial charge >= 0.3 is 0 Å². The van der Waals surface area contributed by atoms with Gasteiger partial charge in [0.1, 0.15) is 12.6 Å². The van der Waals surface area contributed by atoms with E-state index in [9.17, 15) is 28.1 Å². The number of nitrogens with one attached hydrogen (secondary N) is 1. The summed E-state index contributed by atoms with van der Waals surface area (Å²) in [7, 11) is -4.42. The van der Waals surface area contributed by atoms with Crippen LogP contribution in [0.15, 0.2) is 108 Å². The minimum Gasteiger partial charge on any atom is -0.352 e. The second kappa shape index (κ2) is 15.9. The maximum Gasteiger partial charge on any atom is 0.271 e. The van der Waals surface area contributed by atoms with Crippen molar-refractivity contribution in [3.8, 4) is 0 Å². The lowest BCUT2D eigenvalue weighted by Gasteiger charge is -2.34. The van der Waals surface area contributed by atoms with Crippen LogP contribution in [0.3, 0.4) is 0 Å². The summed E-state index contributed by atoms with van der Waals surface area (Å²) in [6.07, 6.45) is 0.749. The highest BCUT2D eigenvalue weighted by molar-refractivity contribution is 7.92. The Bertz CT molecular complexity index is 1830. The molecule has 246 valence electrons. The normalized spacial score (nSPS) is 12.5. The molecule has 0 spiro atoms. The van der Waals surface area contributed by atoms with E-state index in [2.05, 4.69) is 5.32 Å². The van der Waals surface area contributed by atoms with E-state index in [0.29, 0.717) is 17.0 Å². The highest BCUT2D eigenvalue weighted by Crippen LogP contribution is 2.29. The van der Waals surface area contributed by atoms with Crippen LogP contribution in [0.4, 0.5) is 11.4 Å². The fraction of sp³-hybridized carbons (Fsp3) is 0.235. The predicted molar refractivity (Wildman–Crippen MR) is 183 cm³/mol. The summed E-state index contributed by atoms with van der Waals surface area (Å²) < 4.78 is 29.0. The summed E-state index contributed by atoms with van der Waals surface area (Å²) in [6, 6.07) is 25.1. The highest BCUT2D eigenvalue weighted by Gasteiger charge is 2.35. The van der Waals surface area contributed by atoms with Crippen LogP contribution < -0.4 is 9.62 Å². The van der Waals surface area contributed by atoms with Gasteiger partial charge in [-0.15, -0.1) is 0 Å². The standard InChI is InChI=1S/C34H34Cl2N4O6S/c1-3-24(2)37-34(42)32(19-25-11-6-4-7-12-25)38(22-26-17-18-27(35)20-31(26)36)33(41)23-39(28-13-10-14-29(21-28)40(43)44)47(45,46)30-15-8-5-9-16-30/h4-18,20-21,24,32H,3,19,22-23H2,1-2H3,(H,37,42)/t24-,32+/m1/s1. The number of carbonyl (C=O) groups is 2. The van der Waals surface area contributed by atoms with Crippen LogP contribution in [0.1, 0.15) is 31.4 Å². The van der Waals surface area contributed by atoms with E-state index in [1.54, 1.807) is 18.2 Å². The quantitative estimate of drug-likeness (QED) is 0.116. The van der Waals surface area contributed by atoms with Crippen LogP contribution in [0.5, 0.6) is 0 Å². The number of hydrogen-bond donors (Lipinski definition) is 1. The molecule has 0 heterocycles. The number of nitro benzene ring substituents is 1. The predicted octanol–water partition coefficient (Wildman–Crippen LogP) is 6.65. The van der Waals surface area contributed by atoms with Crippen LogP contribution in [-0.2, 0) is 32.6 Å². The average Bonchev–Trinajstić information content (AvgIpc) is 3.06. The van der Waals surface area contributed by atoms with E-state index < -0.39 is 39.3 Å². The zero-order chi connectivity index (χ0) is 34.1. The molecular formula is C34H34Cl2N4O6S. The summed E-state index contributed by atoms with van der Waals surface area (Å²) in [5, 5.41) is 15.2. The van der Waals surface area contributed by atoms with Crippen LogP contribution in [0.2, 0.25) is 10.0 Å². The molecule has 2 atom stereocenters. The van der Waals surface area contributed by atoms with Crippen molar-refractivity contribution in [2.24, 2.45) is 0 Å². The fourth-order valence-corrected chi connectivity index (χ4v) is 6.73. The average molecular weight is 698 g/mol. The van der Waals surface area contributed by atoms with Crippen molar-refractivity contribution in [2.45, 2.75) is 50.2 Å². The number of anilines is 1. The van der Waals surface area contributed by atoms with E-state index in [1.807, 2.05) is 44.2 Å². The molecule has 0 aromatic heterocycles. The number of rotatable bonds is 14. The third-order valence-corrected chi connectivity index (χ3v) is 9.94. The first kappa shape index (κ1) is 35.4. The Hall–Kier alpha value is -4.45. The van der Waals surface area contributed by atoms with E-state index in [4.69, 9.17) is 23.2 Å². The zero-order valence-corrected chi connectivity index (χ0v) is 28.1. The van der Waals surface area contributed by atoms with E-state index in [-0.39, 0.29) is 40.3 Å². The number of non-ortho nitro benzene ring substituents is 1. The summed E-state index contributed by atoms with van der Waals surface area (Å²) in [5.74, 6) is -1.17. The Morgan fingerprint density at radius 2 is 1.57 bits per heavy atom. The Balaban J connectivity index is 1.85. The summed E-state index contributed by atoms with van der Waals surface area (Å²) in [5.41, 5.74) is 0.795. The van der Waals surface area contributed by atoms with Gasteiger partial charge in [0.15, 0.2) is 0 Å². The van der Waals surface area contributed by atoms with E-state index >= 15 is 0 Å². The molecule has 47 heavy (non-hydrogen) atoms. The number of nitro groups is 1. The Morgan fingerprint density at radius 1 is 0.915 bits per heavy atom. The minimum absolute atomic E-state index is 0.0930. The molecule has 0 aliphatic heterocycles. The first-order chi connectivity index (χ1) is 22.4. The van der Waals surface area contributed by atoms with Crippen molar-refractivity contribution in [2.75, 3.05) is 10.8 Å². The molecule has 0 bridgehead atoms. The van der Waals surface area contributed by atoms with Gasteiger partial charge in [-0.05, 0) is 54.8 Å². The van der Waals surface area contributed by atoms with Gasteiger partial charge in [-0.2, -0.15) is 0 Å². The third kappa shape index (κ3) is 9.09. The van der Waals surface area contributed by atoms with Crippen molar-refractivity contribution in [3.63, 3.8) is 0 Å². The molecule has 4 aromatic rings. The molecule has 4 rings (SSSR count). The molecule has 0 aliphatic rings. The molecule has 4 aromatic carbocycles. The van der Waals surface area contributed by atoms with Crippen molar-refractivity contribution in [1.29, 1.82) is 0 Å². The number of sulfonamides is 1. The van der Waals surface area contributed by atoms with Crippen molar-refractivity contribution in [3.05, 3.63) is 134 Å². The number of amides is 2. The lowest BCUT2D eigenvalue weighted by atomic mass is 10.0. The van der Waals surface area contributed by atoms with Gasteiger partial charge in [0.05, 0.1) is 15.5 Å². The molecule has 0 saturated carbocycles. The Morgan fingerprint density at radius 3 is 2.19 bits per heavy atom. The zero-order valence-electron chi connectivity index (χ0n) is 25.8. The lowest BCUT2D eigenvalue weighted by molar-refractivity contribution is -0.384. The second-order valence-corrected chi connectivity index (χ2v) is 13.6. The number of hydrogen-bond acceptors (Lipinski definition) is 6. The first-order valence-electron chi connectivity index (χ1n) is 14.8. The van der Waals surface area contributed by atoms with Crippen molar-refractivity contribution in [1.82, 2.24) is 10.2 Å². The summed E-state index contributed by atoms with van der Waals surface area (Å²) in [6.45, 7) is 2.83. The molecular weight excluding hydrogens is 663 g/mol. The minimum atomic E-state index is -4.42. The molecule has 0 unspecified atom stereocenters. The van der Waals surface area contributed by atoms with Gasteiger partial charge in [0, 0.05) is 41.2 Å². The lowest BCUT2D eigenvalue weighted by Crippen LogP contribution is -2.54. The molecule has 0 fully saturated rings. The van der Waals surface area contributed by atoms with Gasteiger partial charge in [-0.1, -0.05) is 90.8 Å². The van der Waals surface area contributed by atoms with Gasteiger partial charge < -0.3 is 10.2 Å². The van der Waals surface area contributed by atoms with Gasteiger partial charge in [-0.25, -0.2) is 8.42 Å². The highest BCUT2D eigenvalue weighted by atomic mass is 35.5. The number of carbonyl (C=O) groups excluding carboxylic acids is 2. The largest absolute Gasteiger partial charge is 0.352 e. The van der Waals surface area contributed by atoms with Gasteiger partial charge in [0.25, 0.3) is 15.7 Å². The second-order valence-electron chi connectivity index (χ2n) is 10.9. The van der Waals surface area contributed by atoms with Crippen LogP contribution in [0.25, 0.3) is 0 Å². The van der Waals surface area contributed by atoms with Crippen LogP contribution >= 0.6 is 23.2 Å². The van der Waals surface area contributed by atoms with Crippen LogP contribution in [-0.4, -0.2) is 48.7 Å². The topological polar surface area (TPSA) is 130 Å².